The lowest BCUT2D eigenvalue weighted by Gasteiger charge is -2.21. The van der Waals surface area contributed by atoms with Gasteiger partial charge in [-0.15, -0.1) is 0 Å². The molecule has 0 aromatic heterocycles. The van der Waals surface area contributed by atoms with Gasteiger partial charge in [0.15, 0.2) is 0 Å². The van der Waals surface area contributed by atoms with E-state index in [0.717, 1.165) is 90.0 Å². The van der Waals surface area contributed by atoms with Crippen molar-refractivity contribution in [2.24, 2.45) is 0 Å². The number of esters is 2. The molecule has 0 saturated heterocycles. The average Bonchev–Trinajstić information content (AvgIpc) is 3.06. The third kappa shape index (κ3) is 31.9. The van der Waals surface area contributed by atoms with E-state index in [-0.39, 0.29) is 24.1 Å². The minimum Gasteiger partial charge on any atom is -0.462 e. The molecule has 0 spiro atoms. The lowest BCUT2D eigenvalue weighted by molar-refractivity contribution is -0.150. The molecule has 5 heteroatoms. The van der Waals surface area contributed by atoms with Gasteiger partial charge in [-0.3, -0.25) is 9.59 Å². The summed E-state index contributed by atoms with van der Waals surface area (Å²) in [4.78, 5) is 25.8. The van der Waals surface area contributed by atoms with E-state index in [2.05, 4.69) is 39.9 Å². The molecule has 0 atom stereocenters. The van der Waals surface area contributed by atoms with Crippen LogP contribution in [0, 0.1) is 0 Å². The first-order valence-electron chi connectivity index (χ1n) is 21.1. The maximum Gasteiger partial charge on any atom is 0.306 e. The van der Waals surface area contributed by atoms with Gasteiger partial charge in [-0.25, -0.2) is 0 Å². The Morgan fingerprint density at radius 2 is 0.723 bits per heavy atom. The summed E-state index contributed by atoms with van der Waals surface area (Å²) in [7, 11) is 0. The summed E-state index contributed by atoms with van der Waals surface area (Å²) >= 11 is 0. The highest BCUT2D eigenvalue weighted by Crippen LogP contribution is 2.20. The maximum absolute atomic E-state index is 12.9. The Balaban J connectivity index is 4.66. The van der Waals surface area contributed by atoms with E-state index in [1.54, 1.807) is 0 Å². The highest BCUT2D eigenvalue weighted by Gasteiger charge is 2.18. The number of hydrogen-bond donors (Lipinski definition) is 1. The molecule has 0 unspecified atom stereocenters. The summed E-state index contributed by atoms with van der Waals surface area (Å²) in [6.45, 7) is 12.2. The fraction of sp³-hybridized carbons (Fsp3) is 0.952. The van der Waals surface area contributed by atoms with E-state index in [1.807, 2.05) is 0 Å². The lowest BCUT2D eigenvalue weighted by atomic mass is 10.0. The van der Waals surface area contributed by atoms with E-state index in [9.17, 15) is 9.59 Å². The molecule has 1 N–H and O–H groups in total. The number of carbonyl (C=O) groups is 2. The van der Waals surface area contributed by atoms with E-state index >= 15 is 0 Å². The van der Waals surface area contributed by atoms with Crippen molar-refractivity contribution in [1.82, 2.24) is 5.32 Å². The smallest absolute Gasteiger partial charge is 0.306 e. The highest BCUT2D eigenvalue weighted by atomic mass is 16.5. The molecule has 47 heavy (non-hydrogen) atoms. The Morgan fingerprint density at radius 3 is 1.02 bits per heavy atom. The van der Waals surface area contributed by atoms with Crippen LogP contribution in [-0.4, -0.2) is 36.7 Å². The van der Waals surface area contributed by atoms with Gasteiger partial charge in [-0.1, -0.05) is 137 Å². The number of hydrogen-bond acceptors (Lipinski definition) is 5. The number of unbranched alkanes of at least 4 members (excludes halogenated alkanes) is 16. The molecule has 0 bridgehead atoms. The SMILES string of the molecule is CCCCCCCC(CCCCCCC)OC(=O)CCCC(CCCC(=O)OC(CCCCCCC)CCCCCCC)NCCC. The molecule has 0 aliphatic heterocycles. The summed E-state index contributed by atoms with van der Waals surface area (Å²) in [6, 6.07) is 0.330. The van der Waals surface area contributed by atoms with Gasteiger partial charge in [0, 0.05) is 18.9 Å². The van der Waals surface area contributed by atoms with Crippen LogP contribution in [0.4, 0.5) is 0 Å². The second kappa shape index (κ2) is 36.2. The van der Waals surface area contributed by atoms with Crippen LogP contribution in [0.1, 0.15) is 234 Å². The van der Waals surface area contributed by atoms with Gasteiger partial charge in [0.25, 0.3) is 0 Å². The zero-order valence-corrected chi connectivity index (χ0v) is 32.5. The quantitative estimate of drug-likeness (QED) is 0.0528. The molecule has 0 aliphatic carbocycles. The highest BCUT2D eigenvalue weighted by molar-refractivity contribution is 5.69. The van der Waals surface area contributed by atoms with E-state index in [1.165, 1.54) is 103 Å². The fourth-order valence-electron chi connectivity index (χ4n) is 6.60. The summed E-state index contributed by atoms with van der Waals surface area (Å²) in [5, 5.41) is 3.67. The molecule has 0 rings (SSSR count). The molecule has 5 nitrogen and oxygen atoms in total. The fourth-order valence-corrected chi connectivity index (χ4v) is 6.60. The van der Waals surface area contributed by atoms with Crippen molar-refractivity contribution < 1.29 is 19.1 Å². The van der Waals surface area contributed by atoms with Gasteiger partial charge in [0.1, 0.15) is 12.2 Å². The third-order valence-corrected chi connectivity index (χ3v) is 9.66. The average molecular weight is 666 g/mol. The van der Waals surface area contributed by atoms with Crippen molar-refractivity contribution in [2.45, 2.75) is 252 Å². The predicted octanol–water partition coefficient (Wildman–Crippen LogP) is 13.0. The van der Waals surface area contributed by atoms with Gasteiger partial charge in [0.05, 0.1) is 0 Å². The molecule has 0 heterocycles. The first kappa shape index (κ1) is 45.9. The first-order valence-corrected chi connectivity index (χ1v) is 21.1. The number of carbonyl (C=O) groups excluding carboxylic acids is 2. The van der Waals surface area contributed by atoms with Gasteiger partial charge < -0.3 is 14.8 Å². The largest absolute Gasteiger partial charge is 0.462 e. The van der Waals surface area contributed by atoms with Crippen molar-refractivity contribution in [1.29, 1.82) is 0 Å². The topological polar surface area (TPSA) is 64.6 Å². The normalized spacial score (nSPS) is 11.7. The molecule has 0 amide bonds. The van der Waals surface area contributed by atoms with Gasteiger partial charge in [-0.05, 0) is 90.0 Å². The van der Waals surface area contributed by atoms with Crippen molar-refractivity contribution >= 4 is 11.9 Å². The second-order valence-electron chi connectivity index (χ2n) is 14.5. The van der Waals surface area contributed by atoms with Crippen molar-refractivity contribution in [3.8, 4) is 0 Å². The Bertz CT molecular complexity index is 589. The molecule has 0 radical (unpaired) electrons. The Labute approximate surface area is 294 Å². The van der Waals surface area contributed by atoms with Crippen LogP contribution >= 0.6 is 0 Å². The number of ether oxygens (including phenoxy) is 2. The van der Waals surface area contributed by atoms with Gasteiger partial charge in [-0.2, -0.15) is 0 Å². The van der Waals surface area contributed by atoms with Crippen molar-refractivity contribution in [3.05, 3.63) is 0 Å². The molecule has 0 saturated carbocycles. The van der Waals surface area contributed by atoms with Crippen LogP contribution in [0.15, 0.2) is 0 Å². The van der Waals surface area contributed by atoms with Crippen LogP contribution in [0.5, 0.6) is 0 Å². The van der Waals surface area contributed by atoms with Crippen molar-refractivity contribution in [2.75, 3.05) is 6.54 Å². The first-order chi connectivity index (χ1) is 23.0. The van der Waals surface area contributed by atoms with Crippen LogP contribution in [-0.2, 0) is 19.1 Å². The summed E-state index contributed by atoms with van der Waals surface area (Å²) in [6.07, 6.45) is 34.9. The maximum atomic E-state index is 12.9. The molecule has 280 valence electrons. The molecule has 0 aromatic carbocycles. The monoisotopic (exact) mass is 666 g/mol. The van der Waals surface area contributed by atoms with Crippen LogP contribution in [0.25, 0.3) is 0 Å². The summed E-state index contributed by atoms with van der Waals surface area (Å²) < 4.78 is 12.1. The lowest BCUT2D eigenvalue weighted by Crippen LogP contribution is -2.30. The standard InChI is InChI=1S/C42H83NO4/c1-6-11-15-19-23-31-39(32-24-20-16-12-7-2)46-41(44)35-27-29-38(43-37-10-5)30-28-36-42(45)47-40(33-25-21-17-13-8-3)34-26-22-18-14-9-4/h38-40,43H,6-37H2,1-5H3. The molecule has 0 aromatic rings. The van der Waals surface area contributed by atoms with Gasteiger partial charge in [0.2, 0.25) is 0 Å². The van der Waals surface area contributed by atoms with Crippen LogP contribution in [0.3, 0.4) is 0 Å². The Morgan fingerprint density at radius 1 is 0.404 bits per heavy atom. The minimum atomic E-state index is -0.0228. The number of nitrogens with one attached hydrogen (secondary N) is 1. The van der Waals surface area contributed by atoms with E-state index in [0.29, 0.717) is 18.9 Å². The summed E-state index contributed by atoms with van der Waals surface area (Å²) in [5.41, 5.74) is 0. The molecular weight excluding hydrogens is 582 g/mol. The third-order valence-electron chi connectivity index (χ3n) is 9.66. The van der Waals surface area contributed by atoms with E-state index in [4.69, 9.17) is 9.47 Å². The van der Waals surface area contributed by atoms with Crippen LogP contribution in [0.2, 0.25) is 0 Å². The second-order valence-corrected chi connectivity index (χ2v) is 14.5. The Kier molecular flexibility index (Phi) is 35.3. The zero-order chi connectivity index (χ0) is 34.6. The van der Waals surface area contributed by atoms with E-state index < -0.39 is 0 Å². The minimum absolute atomic E-state index is 0.0228. The van der Waals surface area contributed by atoms with Crippen LogP contribution < -0.4 is 5.32 Å². The summed E-state index contributed by atoms with van der Waals surface area (Å²) in [5.74, 6) is -0.0456. The number of rotatable bonds is 37. The Hall–Kier alpha value is -1.10. The predicted molar refractivity (Wildman–Crippen MR) is 203 cm³/mol. The molecule has 0 aliphatic rings. The molecular formula is C42H83NO4. The zero-order valence-electron chi connectivity index (χ0n) is 32.5. The van der Waals surface area contributed by atoms with Crippen molar-refractivity contribution in [3.63, 3.8) is 0 Å². The van der Waals surface area contributed by atoms with Gasteiger partial charge >= 0.3 is 11.9 Å². The molecule has 0 fully saturated rings.